The Hall–Kier alpha value is -1.60. The van der Waals surface area contributed by atoms with Gasteiger partial charge < -0.3 is 11.1 Å². The SMILES string of the molecule is CCN(CC(=O)NC(C)C)S(=O)(=O)Cc1cccc(N)c1. The van der Waals surface area contributed by atoms with E-state index in [-0.39, 0.29) is 30.8 Å². The molecule has 0 aliphatic carbocycles. The summed E-state index contributed by atoms with van der Waals surface area (Å²) < 4.78 is 25.9. The van der Waals surface area contributed by atoms with E-state index in [2.05, 4.69) is 5.32 Å². The standard InChI is InChI=1S/C14H23N3O3S/c1-4-17(9-14(18)16-11(2)3)21(19,20)10-12-6-5-7-13(15)8-12/h5-8,11H,4,9-10,15H2,1-3H3,(H,16,18). The predicted molar refractivity (Wildman–Crippen MR) is 84.0 cm³/mol. The van der Waals surface area contributed by atoms with E-state index in [0.717, 1.165) is 0 Å². The van der Waals surface area contributed by atoms with Gasteiger partial charge in [-0.3, -0.25) is 4.79 Å². The van der Waals surface area contributed by atoms with Gasteiger partial charge in [-0.1, -0.05) is 19.1 Å². The number of carbonyl (C=O) groups excluding carboxylic acids is 1. The van der Waals surface area contributed by atoms with Crippen LogP contribution in [0, 0.1) is 0 Å². The number of rotatable bonds is 7. The van der Waals surface area contributed by atoms with Crippen LogP contribution in [0.4, 0.5) is 5.69 Å². The van der Waals surface area contributed by atoms with Crippen molar-refractivity contribution in [1.82, 2.24) is 9.62 Å². The quantitative estimate of drug-likeness (QED) is 0.733. The first kappa shape index (κ1) is 17.5. The third-order valence-corrected chi connectivity index (χ3v) is 4.69. The van der Waals surface area contributed by atoms with Gasteiger partial charge in [0, 0.05) is 18.3 Å². The van der Waals surface area contributed by atoms with Gasteiger partial charge in [0.25, 0.3) is 0 Å². The highest BCUT2D eigenvalue weighted by molar-refractivity contribution is 7.88. The summed E-state index contributed by atoms with van der Waals surface area (Å²) in [5.41, 5.74) is 6.78. The summed E-state index contributed by atoms with van der Waals surface area (Å²) >= 11 is 0. The number of hydrogen-bond acceptors (Lipinski definition) is 4. The molecule has 3 N–H and O–H groups in total. The van der Waals surface area contributed by atoms with Crippen LogP contribution in [0.1, 0.15) is 26.3 Å². The minimum Gasteiger partial charge on any atom is -0.399 e. The summed E-state index contributed by atoms with van der Waals surface area (Å²) in [5, 5.41) is 2.69. The highest BCUT2D eigenvalue weighted by Crippen LogP contribution is 2.13. The molecule has 0 saturated carbocycles. The number of amides is 1. The summed E-state index contributed by atoms with van der Waals surface area (Å²) in [7, 11) is -3.56. The molecule has 1 amide bonds. The fourth-order valence-electron chi connectivity index (χ4n) is 1.92. The molecular formula is C14H23N3O3S. The molecule has 118 valence electrons. The van der Waals surface area contributed by atoms with Gasteiger partial charge in [0.05, 0.1) is 12.3 Å². The van der Waals surface area contributed by atoms with E-state index in [4.69, 9.17) is 5.73 Å². The monoisotopic (exact) mass is 313 g/mol. The highest BCUT2D eigenvalue weighted by Gasteiger charge is 2.23. The summed E-state index contributed by atoms with van der Waals surface area (Å²) in [4.78, 5) is 11.7. The Bertz CT molecular complexity index is 585. The number of carbonyl (C=O) groups is 1. The Morgan fingerprint density at radius 3 is 2.57 bits per heavy atom. The topological polar surface area (TPSA) is 92.5 Å². The van der Waals surface area contributed by atoms with Crippen LogP contribution in [0.2, 0.25) is 0 Å². The molecule has 21 heavy (non-hydrogen) atoms. The molecule has 0 aromatic heterocycles. The van der Waals surface area contributed by atoms with Gasteiger partial charge >= 0.3 is 0 Å². The largest absolute Gasteiger partial charge is 0.399 e. The first-order valence-electron chi connectivity index (χ1n) is 6.86. The average Bonchev–Trinajstić information content (AvgIpc) is 2.34. The van der Waals surface area contributed by atoms with Crippen molar-refractivity contribution in [2.45, 2.75) is 32.6 Å². The van der Waals surface area contributed by atoms with Gasteiger partial charge in [-0.2, -0.15) is 4.31 Å². The molecule has 0 fully saturated rings. The van der Waals surface area contributed by atoms with Crippen LogP contribution in [0.5, 0.6) is 0 Å². The number of sulfonamides is 1. The van der Waals surface area contributed by atoms with Crippen molar-refractivity contribution >= 4 is 21.6 Å². The summed E-state index contributed by atoms with van der Waals surface area (Å²) in [6.07, 6.45) is 0. The average molecular weight is 313 g/mol. The second-order valence-corrected chi connectivity index (χ2v) is 7.12. The molecule has 7 heteroatoms. The lowest BCUT2D eigenvalue weighted by Gasteiger charge is -2.20. The Morgan fingerprint density at radius 2 is 2.05 bits per heavy atom. The number of likely N-dealkylation sites (N-methyl/N-ethyl adjacent to an activating group) is 1. The molecule has 1 aromatic carbocycles. The molecule has 0 aliphatic rings. The molecule has 1 aromatic rings. The lowest BCUT2D eigenvalue weighted by Crippen LogP contribution is -2.43. The van der Waals surface area contributed by atoms with E-state index in [1.54, 1.807) is 31.2 Å². The van der Waals surface area contributed by atoms with Crippen LogP contribution >= 0.6 is 0 Å². The van der Waals surface area contributed by atoms with Crippen molar-refractivity contribution in [1.29, 1.82) is 0 Å². The second-order valence-electron chi connectivity index (χ2n) is 5.15. The van der Waals surface area contributed by atoms with Gasteiger partial charge in [0.15, 0.2) is 0 Å². The van der Waals surface area contributed by atoms with Crippen molar-refractivity contribution in [3.8, 4) is 0 Å². The zero-order chi connectivity index (χ0) is 16.0. The molecule has 0 saturated heterocycles. The highest BCUT2D eigenvalue weighted by atomic mass is 32.2. The fourth-order valence-corrected chi connectivity index (χ4v) is 3.41. The third-order valence-electron chi connectivity index (χ3n) is 2.82. The van der Waals surface area contributed by atoms with E-state index in [1.807, 2.05) is 13.8 Å². The zero-order valence-electron chi connectivity index (χ0n) is 12.7. The Balaban J connectivity index is 2.80. The minimum absolute atomic E-state index is 0.0205. The van der Waals surface area contributed by atoms with E-state index in [9.17, 15) is 13.2 Å². The van der Waals surface area contributed by atoms with Crippen LogP contribution in [0.3, 0.4) is 0 Å². The van der Waals surface area contributed by atoms with Gasteiger partial charge in [-0.15, -0.1) is 0 Å². The third kappa shape index (κ3) is 5.73. The van der Waals surface area contributed by atoms with Crippen molar-refractivity contribution in [2.24, 2.45) is 0 Å². The minimum atomic E-state index is -3.56. The molecular weight excluding hydrogens is 290 g/mol. The van der Waals surface area contributed by atoms with E-state index >= 15 is 0 Å². The van der Waals surface area contributed by atoms with Gasteiger partial charge in [-0.05, 0) is 31.5 Å². The number of nitrogens with two attached hydrogens (primary N) is 1. The summed E-state index contributed by atoms with van der Waals surface area (Å²) in [5.74, 6) is -0.469. The van der Waals surface area contributed by atoms with Crippen molar-refractivity contribution in [3.63, 3.8) is 0 Å². The maximum Gasteiger partial charge on any atom is 0.235 e. The first-order chi connectivity index (χ1) is 9.74. The van der Waals surface area contributed by atoms with Gasteiger partial charge in [-0.25, -0.2) is 8.42 Å². The lowest BCUT2D eigenvalue weighted by molar-refractivity contribution is -0.121. The molecule has 0 unspecified atom stereocenters. The molecule has 0 radical (unpaired) electrons. The number of nitrogens with zero attached hydrogens (tertiary/aromatic N) is 1. The van der Waals surface area contributed by atoms with Crippen molar-refractivity contribution < 1.29 is 13.2 Å². The van der Waals surface area contributed by atoms with Crippen LogP contribution < -0.4 is 11.1 Å². The molecule has 0 spiro atoms. The molecule has 0 aliphatic heterocycles. The molecule has 0 heterocycles. The Labute approximate surface area is 126 Å². The maximum atomic E-state index is 12.4. The normalized spacial score (nSPS) is 11.9. The maximum absolute atomic E-state index is 12.4. The number of anilines is 1. The molecule has 0 atom stereocenters. The Morgan fingerprint density at radius 1 is 1.38 bits per heavy atom. The van der Waals surface area contributed by atoms with Crippen LogP contribution in [0.15, 0.2) is 24.3 Å². The van der Waals surface area contributed by atoms with Crippen molar-refractivity contribution in [3.05, 3.63) is 29.8 Å². The van der Waals surface area contributed by atoms with Crippen LogP contribution in [-0.4, -0.2) is 37.8 Å². The number of nitrogens with one attached hydrogen (secondary N) is 1. The second kappa shape index (κ2) is 7.42. The number of hydrogen-bond donors (Lipinski definition) is 2. The smallest absolute Gasteiger partial charge is 0.235 e. The van der Waals surface area contributed by atoms with E-state index in [1.165, 1.54) is 4.31 Å². The van der Waals surface area contributed by atoms with Crippen LogP contribution in [-0.2, 0) is 20.6 Å². The van der Waals surface area contributed by atoms with E-state index < -0.39 is 10.0 Å². The zero-order valence-corrected chi connectivity index (χ0v) is 13.5. The fraction of sp³-hybridized carbons (Fsp3) is 0.500. The number of nitrogen functional groups attached to an aromatic ring is 1. The summed E-state index contributed by atoms with van der Waals surface area (Å²) in [6, 6.07) is 6.72. The molecule has 0 bridgehead atoms. The van der Waals surface area contributed by atoms with Crippen molar-refractivity contribution in [2.75, 3.05) is 18.8 Å². The van der Waals surface area contributed by atoms with Gasteiger partial charge in [0.1, 0.15) is 0 Å². The molecule has 6 nitrogen and oxygen atoms in total. The summed E-state index contributed by atoms with van der Waals surface area (Å²) in [6.45, 7) is 5.44. The van der Waals surface area contributed by atoms with Crippen LogP contribution in [0.25, 0.3) is 0 Å². The Kier molecular flexibility index (Phi) is 6.17. The predicted octanol–water partition coefficient (Wildman–Crippen LogP) is 0.945. The lowest BCUT2D eigenvalue weighted by atomic mass is 10.2. The first-order valence-corrected chi connectivity index (χ1v) is 8.47. The molecule has 1 rings (SSSR count). The number of benzene rings is 1. The van der Waals surface area contributed by atoms with Gasteiger partial charge in [0.2, 0.25) is 15.9 Å². The van der Waals surface area contributed by atoms with E-state index in [0.29, 0.717) is 11.3 Å².